The van der Waals surface area contributed by atoms with Crippen LogP contribution in [0.15, 0.2) is 22.7 Å². The van der Waals surface area contributed by atoms with Crippen LogP contribution in [0.4, 0.5) is 0 Å². The zero-order valence-corrected chi connectivity index (χ0v) is 13.3. The van der Waals surface area contributed by atoms with Crippen LogP contribution in [0.3, 0.4) is 0 Å². The van der Waals surface area contributed by atoms with Gasteiger partial charge in [-0.15, -0.1) is 0 Å². The zero-order chi connectivity index (χ0) is 14.4. The van der Waals surface area contributed by atoms with Crippen molar-refractivity contribution in [2.45, 2.75) is 39.8 Å². The lowest BCUT2D eigenvalue weighted by Crippen LogP contribution is -2.31. The smallest absolute Gasteiger partial charge is 0.265 e. The van der Waals surface area contributed by atoms with E-state index in [1.54, 1.807) is 6.07 Å². The Bertz CT molecular complexity index is 435. The van der Waals surface area contributed by atoms with Crippen molar-refractivity contribution in [2.75, 3.05) is 6.54 Å². The maximum atomic E-state index is 11.4. The molecule has 0 spiro atoms. The predicted octanol–water partition coefficient (Wildman–Crippen LogP) is 2.67. The second-order valence-electron chi connectivity index (χ2n) is 4.84. The Labute approximate surface area is 123 Å². The van der Waals surface area contributed by atoms with E-state index in [1.165, 1.54) is 5.56 Å². The first kappa shape index (κ1) is 16.1. The van der Waals surface area contributed by atoms with E-state index in [9.17, 15) is 4.79 Å². The number of nitrogens with two attached hydrogens (primary N) is 1. The number of nitrogen functional groups attached to an aromatic ring is 1. The molecule has 0 aromatic heterocycles. The average Bonchev–Trinajstić information content (AvgIpc) is 2.39. The van der Waals surface area contributed by atoms with Crippen LogP contribution in [-0.2, 0) is 6.54 Å². The van der Waals surface area contributed by atoms with Gasteiger partial charge in [0.25, 0.3) is 5.91 Å². The highest BCUT2D eigenvalue weighted by Crippen LogP contribution is 2.21. The lowest BCUT2D eigenvalue weighted by molar-refractivity contribution is 0.0953. The van der Waals surface area contributed by atoms with Gasteiger partial charge in [-0.1, -0.05) is 28.9 Å². The molecule has 106 valence electrons. The monoisotopic (exact) mass is 327 g/mol. The van der Waals surface area contributed by atoms with Crippen LogP contribution in [0.1, 0.15) is 43.1 Å². The molecule has 1 rings (SSSR count). The number of hydrazine groups is 1. The molecular weight excluding hydrogens is 306 g/mol. The number of rotatable bonds is 6. The number of halogens is 1. The van der Waals surface area contributed by atoms with Crippen LogP contribution in [0, 0.1) is 0 Å². The van der Waals surface area contributed by atoms with E-state index in [0.717, 1.165) is 24.0 Å². The van der Waals surface area contributed by atoms with Crippen molar-refractivity contribution < 1.29 is 4.79 Å². The van der Waals surface area contributed by atoms with Gasteiger partial charge in [-0.25, -0.2) is 5.84 Å². The van der Waals surface area contributed by atoms with Crippen molar-refractivity contribution in [3.63, 3.8) is 0 Å². The summed E-state index contributed by atoms with van der Waals surface area (Å²) in [6.07, 6.45) is 1.13. The topological polar surface area (TPSA) is 58.4 Å². The summed E-state index contributed by atoms with van der Waals surface area (Å²) in [6.45, 7) is 8.50. The molecule has 0 bridgehead atoms. The van der Waals surface area contributed by atoms with Crippen LogP contribution in [-0.4, -0.2) is 23.4 Å². The molecule has 0 unspecified atom stereocenters. The maximum absolute atomic E-state index is 11.4. The minimum Gasteiger partial charge on any atom is -0.297 e. The highest BCUT2D eigenvalue weighted by Gasteiger charge is 2.12. The second-order valence-corrected chi connectivity index (χ2v) is 5.70. The van der Waals surface area contributed by atoms with E-state index < -0.39 is 0 Å². The number of amides is 1. The number of carbonyl (C=O) groups is 1. The van der Waals surface area contributed by atoms with Crippen LogP contribution >= 0.6 is 15.9 Å². The first-order chi connectivity index (χ1) is 8.99. The third-order valence-electron chi connectivity index (χ3n) is 3.06. The Morgan fingerprint density at radius 3 is 2.63 bits per heavy atom. The van der Waals surface area contributed by atoms with Gasteiger partial charge < -0.3 is 0 Å². The van der Waals surface area contributed by atoms with E-state index >= 15 is 0 Å². The number of nitrogens with zero attached hydrogens (tertiary/aromatic N) is 1. The van der Waals surface area contributed by atoms with E-state index in [-0.39, 0.29) is 5.91 Å². The summed E-state index contributed by atoms with van der Waals surface area (Å²) in [5.41, 5.74) is 3.87. The van der Waals surface area contributed by atoms with E-state index in [2.05, 4.69) is 47.0 Å². The molecule has 0 radical (unpaired) electrons. The molecule has 19 heavy (non-hydrogen) atoms. The first-order valence-electron chi connectivity index (χ1n) is 6.53. The van der Waals surface area contributed by atoms with Gasteiger partial charge in [0.05, 0.1) is 0 Å². The highest BCUT2D eigenvalue weighted by molar-refractivity contribution is 9.10. The number of benzene rings is 1. The molecule has 1 aromatic carbocycles. The summed E-state index contributed by atoms with van der Waals surface area (Å²) in [6, 6.07) is 6.08. The lowest BCUT2D eigenvalue weighted by atomic mass is 10.1. The quantitative estimate of drug-likeness (QED) is 0.479. The molecule has 1 aromatic rings. The molecule has 1 amide bonds. The maximum Gasteiger partial charge on any atom is 0.265 e. The van der Waals surface area contributed by atoms with Crippen molar-refractivity contribution in [3.05, 3.63) is 33.8 Å². The Balaban J connectivity index is 2.87. The minimum atomic E-state index is -0.276. The van der Waals surface area contributed by atoms with Crippen molar-refractivity contribution in [1.29, 1.82) is 0 Å². The molecule has 0 fully saturated rings. The second kappa shape index (κ2) is 7.62. The van der Waals surface area contributed by atoms with Crippen LogP contribution in [0.5, 0.6) is 0 Å². The number of nitrogens with one attached hydrogen (secondary N) is 1. The predicted molar refractivity (Wildman–Crippen MR) is 81.6 cm³/mol. The molecule has 0 saturated heterocycles. The Kier molecular flexibility index (Phi) is 6.48. The summed E-state index contributed by atoms with van der Waals surface area (Å²) in [4.78, 5) is 13.8. The third kappa shape index (κ3) is 4.60. The van der Waals surface area contributed by atoms with Crippen molar-refractivity contribution in [2.24, 2.45) is 5.84 Å². The molecule has 5 heteroatoms. The van der Waals surface area contributed by atoms with Crippen molar-refractivity contribution >= 4 is 21.8 Å². The van der Waals surface area contributed by atoms with Gasteiger partial charge >= 0.3 is 0 Å². The summed E-state index contributed by atoms with van der Waals surface area (Å²) >= 11 is 3.53. The molecule has 3 N–H and O–H groups in total. The summed E-state index contributed by atoms with van der Waals surface area (Å²) in [5.74, 6) is 4.85. The molecule has 0 aliphatic rings. The average molecular weight is 328 g/mol. The lowest BCUT2D eigenvalue weighted by Gasteiger charge is -2.26. The van der Waals surface area contributed by atoms with Crippen LogP contribution < -0.4 is 11.3 Å². The van der Waals surface area contributed by atoms with Gasteiger partial charge in [-0.05, 0) is 44.5 Å². The van der Waals surface area contributed by atoms with Gasteiger partial charge in [0.15, 0.2) is 0 Å². The fraction of sp³-hybridized carbons (Fsp3) is 0.500. The normalized spacial score (nSPS) is 11.1. The summed E-state index contributed by atoms with van der Waals surface area (Å²) in [7, 11) is 0. The van der Waals surface area contributed by atoms with Gasteiger partial charge in [-0.3, -0.25) is 15.1 Å². The SMILES string of the molecule is CCCN(Cc1ccc(C(=O)NN)cc1Br)C(C)C. The molecule has 4 nitrogen and oxygen atoms in total. The van der Waals surface area contributed by atoms with Gasteiger partial charge in [-0.2, -0.15) is 0 Å². The Morgan fingerprint density at radius 2 is 2.16 bits per heavy atom. The minimum absolute atomic E-state index is 0.276. The largest absolute Gasteiger partial charge is 0.297 e. The van der Waals surface area contributed by atoms with E-state index in [0.29, 0.717) is 11.6 Å². The highest BCUT2D eigenvalue weighted by atomic mass is 79.9. The van der Waals surface area contributed by atoms with Gasteiger partial charge in [0.2, 0.25) is 0 Å². The van der Waals surface area contributed by atoms with Crippen LogP contribution in [0.2, 0.25) is 0 Å². The van der Waals surface area contributed by atoms with Crippen LogP contribution in [0.25, 0.3) is 0 Å². The molecule has 0 aliphatic heterocycles. The molecule has 0 heterocycles. The molecule has 0 saturated carbocycles. The Morgan fingerprint density at radius 1 is 1.47 bits per heavy atom. The number of hydrogen-bond acceptors (Lipinski definition) is 3. The fourth-order valence-electron chi connectivity index (χ4n) is 1.93. The van der Waals surface area contributed by atoms with E-state index in [4.69, 9.17) is 5.84 Å². The third-order valence-corrected chi connectivity index (χ3v) is 3.80. The molecule has 0 atom stereocenters. The van der Waals surface area contributed by atoms with Gasteiger partial charge in [0, 0.05) is 22.6 Å². The first-order valence-corrected chi connectivity index (χ1v) is 7.32. The van der Waals surface area contributed by atoms with E-state index in [1.807, 2.05) is 12.1 Å². The molecule has 0 aliphatic carbocycles. The van der Waals surface area contributed by atoms with Crippen molar-refractivity contribution in [3.8, 4) is 0 Å². The molecular formula is C14H22BrN3O. The standard InChI is InChI=1S/C14H22BrN3O/c1-4-7-18(10(2)3)9-12-6-5-11(8-13(12)15)14(19)17-16/h5-6,8,10H,4,7,9,16H2,1-3H3,(H,17,19). The van der Waals surface area contributed by atoms with Crippen molar-refractivity contribution in [1.82, 2.24) is 10.3 Å². The van der Waals surface area contributed by atoms with Gasteiger partial charge in [0.1, 0.15) is 0 Å². The number of carbonyl (C=O) groups excluding carboxylic acids is 1. The fourth-order valence-corrected chi connectivity index (χ4v) is 2.43. The summed E-state index contributed by atoms with van der Waals surface area (Å²) in [5, 5.41) is 0. The Hall–Kier alpha value is -0.910. The zero-order valence-electron chi connectivity index (χ0n) is 11.7. The summed E-state index contributed by atoms with van der Waals surface area (Å²) < 4.78 is 0.940. The number of hydrogen-bond donors (Lipinski definition) is 2.